The largest absolute Gasteiger partial charge is 0.478 e. The number of hydrogen-bond donors (Lipinski definition) is 2. The van der Waals surface area contributed by atoms with E-state index < -0.39 is 11.9 Å². The van der Waals surface area contributed by atoms with Crippen LogP contribution >= 0.6 is 11.6 Å². The van der Waals surface area contributed by atoms with Crippen LogP contribution in [0.15, 0.2) is 78.0 Å². The van der Waals surface area contributed by atoms with Gasteiger partial charge in [0.2, 0.25) is 0 Å². The first-order valence-corrected chi connectivity index (χ1v) is 10.5. The zero-order chi connectivity index (χ0) is 23.5. The second-order valence-electron chi connectivity index (χ2n) is 7.47. The number of benzene rings is 2. The number of carboxylic acid groups (broad SMARTS) is 1. The van der Waals surface area contributed by atoms with E-state index in [0.29, 0.717) is 16.3 Å². The maximum absolute atomic E-state index is 12.8. The number of carboxylic acids is 1. The quantitative estimate of drug-likeness (QED) is 0.313. The Balaban J connectivity index is 1.52. The van der Waals surface area contributed by atoms with E-state index in [1.165, 1.54) is 18.3 Å². The molecule has 4 rings (SSSR count). The Morgan fingerprint density at radius 1 is 0.970 bits per heavy atom. The molecule has 0 unspecified atom stereocenters. The van der Waals surface area contributed by atoms with E-state index in [1.54, 1.807) is 24.3 Å². The Kier molecular flexibility index (Phi) is 6.15. The second-order valence-corrected chi connectivity index (χ2v) is 7.88. The summed E-state index contributed by atoms with van der Waals surface area (Å²) >= 11 is 6.28. The molecule has 0 aliphatic heterocycles. The topological polar surface area (TPSA) is 88.6 Å². The predicted octanol–water partition coefficient (Wildman–Crippen LogP) is 5.00. The van der Waals surface area contributed by atoms with Crippen LogP contribution in [0.5, 0.6) is 0 Å². The second kappa shape index (κ2) is 9.18. The van der Waals surface area contributed by atoms with E-state index in [1.807, 2.05) is 59.5 Å². The fourth-order valence-corrected chi connectivity index (χ4v) is 3.82. The number of amides is 1. The smallest absolute Gasteiger partial charge is 0.335 e. The number of carbonyl (C=O) groups excluding carboxylic acids is 1. The lowest BCUT2D eigenvalue weighted by atomic mass is 10.2. The molecule has 0 spiro atoms. The highest BCUT2D eigenvalue weighted by Gasteiger charge is 2.13. The van der Waals surface area contributed by atoms with Gasteiger partial charge in [0, 0.05) is 29.0 Å². The molecule has 2 heterocycles. The summed E-state index contributed by atoms with van der Waals surface area (Å²) in [6.07, 6.45) is 3.34. The highest BCUT2D eigenvalue weighted by Crippen LogP contribution is 2.23. The van der Waals surface area contributed by atoms with Crippen LogP contribution in [-0.2, 0) is 0 Å². The van der Waals surface area contributed by atoms with Crippen LogP contribution in [0.4, 0.5) is 0 Å². The van der Waals surface area contributed by atoms with Crippen molar-refractivity contribution in [2.45, 2.75) is 13.8 Å². The van der Waals surface area contributed by atoms with Crippen molar-refractivity contribution in [3.63, 3.8) is 0 Å². The van der Waals surface area contributed by atoms with E-state index in [-0.39, 0.29) is 5.56 Å². The summed E-state index contributed by atoms with van der Waals surface area (Å²) in [6, 6.07) is 19.4. The normalized spacial score (nSPS) is 11.1. The highest BCUT2D eigenvalue weighted by molar-refractivity contribution is 6.33. The van der Waals surface area contributed by atoms with Crippen molar-refractivity contribution in [1.29, 1.82) is 0 Å². The van der Waals surface area contributed by atoms with Crippen LogP contribution < -0.4 is 5.43 Å². The molecule has 0 bridgehead atoms. The molecule has 0 atom stereocenters. The third-order valence-electron chi connectivity index (χ3n) is 5.26. The number of halogens is 1. The van der Waals surface area contributed by atoms with Gasteiger partial charge in [0.1, 0.15) is 0 Å². The average Bonchev–Trinajstić information content (AvgIpc) is 3.40. The summed E-state index contributed by atoms with van der Waals surface area (Å²) < 4.78 is 3.87. The van der Waals surface area contributed by atoms with Crippen molar-refractivity contribution in [3.8, 4) is 11.4 Å². The molecule has 0 aliphatic carbocycles. The molecule has 4 aromatic rings. The molecule has 33 heavy (non-hydrogen) atoms. The van der Waals surface area contributed by atoms with Gasteiger partial charge >= 0.3 is 5.97 Å². The molecular formula is C25H21ClN4O3. The molecule has 166 valence electrons. The maximum Gasteiger partial charge on any atom is 0.335 e. The number of hydrogen-bond acceptors (Lipinski definition) is 3. The molecule has 0 fully saturated rings. The first-order valence-electron chi connectivity index (χ1n) is 10.1. The van der Waals surface area contributed by atoms with Crippen molar-refractivity contribution in [2.75, 3.05) is 0 Å². The van der Waals surface area contributed by atoms with Gasteiger partial charge < -0.3 is 14.2 Å². The molecule has 0 radical (unpaired) electrons. The molecule has 0 saturated carbocycles. The molecule has 2 aromatic heterocycles. The van der Waals surface area contributed by atoms with E-state index in [4.69, 9.17) is 16.7 Å². The Labute approximate surface area is 195 Å². The zero-order valence-electron chi connectivity index (χ0n) is 18.0. The summed E-state index contributed by atoms with van der Waals surface area (Å²) in [5.74, 6) is -1.41. The van der Waals surface area contributed by atoms with Crippen LogP contribution in [0.1, 0.15) is 37.8 Å². The zero-order valence-corrected chi connectivity index (χ0v) is 18.7. The minimum atomic E-state index is -0.983. The van der Waals surface area contributed by atoms with Gasteiger partial charge in [0.25, 0.3) is 5.91 Å². The van der Waals surface area contributed by atoms with Gasteiger partial charge in [-0.05, 0) is 80.6 Å². The van der Waals surface area contributed by atoms with Crippen molar-refractivity contribution in [2.24, 2.45) is 5.10 Å². The molecule has 7 nitrogen and oxygen atoms in total. The van der Waals surface area contributed by atoms with Gasteiger partial charge in [-0.2, -0.15) is 5.10 Å². The Morgan fingerprint density at radius 2 is 1.64 bits per heavy atom. The number of aromatic nitrogens is 2. The fourth-order valence-electron chi connectivity index (χ4n) is 3.62. The van der Waals surface area contributed by atoms with Gasteiger partial charge in [0.15, 0.2) is 0 Å². The number of hydrazone groups is 1. The van der Waals surface area contributed by atoms with Crippen molar-refractivity contribution < 1.29 is 14.7 Å². The predicted molar refractivity (Wildman–Crippen MR) is 128 cm³/mol. The number of nitrogens with zero attached hydrogens (tertiary/aromatic N) is 3. The van der Waals surface area contributed by atoms with E-state index in [9.17, 15) is 9.59 Å². The van der Waals surface area contributed by atoms with Crippen LogP contribution in [0.3, 0.4) is 0 Å². The molecule has 1 amide bonds. The summed E-state index contributed by atoms with van der Waals surface area (Å²) in [4.78, 5) is 23.8. The molecule has 0 aliphatic rings. The van der Waals surface area contributed by atoms with Crippen molar-refractivity contribution in [1.82, 2.24) is 14.6 Å². The minimum absolute atomic E-state index is 0.206. The van der Waals surface area contributed by atoms with E-state index in [0.717, 1.165) is 22.8 Å². The fraction of sp³-hybridized carbons (Fsp3) is 0.0800. The minimum Gasteiger partial charge on any atom is -0.478 e. The van der Waals surface area contributed by atoms with E-state index >= 15 is 0 Å². The SMILES string of the molecule is Cc1ccc(C)n1-c1ccc(Cl)c(C(=O)NN=Cc2cccn2-c2ccc(C(=O)O)cc2)c1. The number of rotatable bonds is 6. The van der Waals surface area contributed by atoms with Gasteiger partial charge in [-0.25, -0.2) is 10.2 Å². The third kappa shape index (κ3) is 4.58. The summed E-state index contributed by atoms with van der Waals surface area (Å²) in [6.45, 7) is 3.99. The number of nitrogens with one attached hydrogen (secondary N) is 1. The van der Waals surface area contributed by atoms with Crippen molar-refractivity contribution in [3.05, 3.63) is 106 Å². The highest BCUT2D eigenvalue weighted by atomic mass is 35.5. The Hall–Kier alpha value is -4.10. The number of carbonyl (C=O) groups is 2. The number of aromatic carboxylic acids is 1. The van der Waals surface area contributed by atoms with Crippen LogP contribution in [0.2, 0.25) is 5.02 Å². The summed E-state index contributed by atoms with van der Waals surface area (Å²) in [5.41, 5.74) is 7.47. The standard InChI is InChI=1S/C25H21ClN4O3/c1-16-5-6-17(2)30(16)20-11-12-23(26)22(14-20)24(31)28-27-15-21-4-3-13-29(21)19-9-7-18(8-10-19)25(32)33/h3-15H,1-2H3,(H,28,31)(H,32,33). The Bertz CT molecular complexity index is 1350. The first kappa shape index (κ1) is 22.1. The number of aryl methyl sites for hydroxylation is 2. The van der Waals surface area contributed by atoms with Crippen LogP contribution in [-0.4, -0.2) is 32.3 Å². The van der Waals surface area contributed by atoms with Gasteiger partial charge in [-0.3, -0.25) is 4.79 Å². The summed E-state index contributed by atoms with van der Waals surface area (Å²) in [7, 11) is 0. The third-order valence-corrected chi connectivity index (χ3v) is 5.59. The molecule has 8 heteroatoms. The molecule has 2 aromatic carbocycles. The first-order chi connectivity index (χ1) is 15.8. The molecular weight excluding hydrogens is 440 g/mol. The average molecular weight is 461 g/mol. The molecule has 2 N–H and O–H groups in total. The molecule has 0 saturated heterocycles. The van der Waals surface area contributed by atoms with Crippen LogP contribution in [0, 0.1) is 13.8 Å². The van der Waals surface area contributed by atoms with Gasteiger partial charge in [-0.1, -0.05) is 11.6 Å². The lowest BCUT2D eigenvalue weighted by Gasteiger charge is -2.12. The maximum atomic E-state index is 12.8. The lowest BCUT2D eigenvalue weighted by Crippen LogP contribution is -2.19. The monoisotopic (exact) mass is 460 g/mol. The Morgan fingerprint density at radius 3 is 2.30 bits per heavy atom. The van der Waals surface area contributed by atoms with Crippen molar-refractivity contribution >= 4 is 29.7 Å². The van der Waals surface area contributed by atoms with Gasteiger partial charge in [0.05, 0.1) is 28.1 Å². The van der Waals surface area contributed by atoms with Gasteiger partial charge in [-0.15, -0.1) is 0 Å². The van der Waals surface area contributed by atoms with Crippen LogP contribution in [0.25, 0.3) is 11.4 Å². The summed E-state index contributed by atoms with van der Waals surface area (Å²) in [5, 5.41) is 13.5. The van der Waals surface area contributed by atoms with E-state index in [2.05, 4.69) is 10.5 Å². The lowest BCUT2D eigenvalue weighted by molar-refractivity contribution is 0.0696.